The first-order chi connectivity index (χ1) is 11.7. The van der Waals surface area contributed by atoms with E-state index in [1.807, 2.05) is 24.3 Å². The number of amides is 3. The highest BCUT2D eigenvalue weighted by atomic mass is 32.1. The highest BCUT2D eigenvalue weighted by Gasteiger charge is 2.26. The smallest absolute Gasteiger partial charge is 0.317 e. The molecule has 1 fully saturated rings. The van der Waals surface area contributed by atoms with E-state index in [0.29, 0.717) is 37.7 Å². The van der Waals surface area contributed by atoms with E-state index in [-0.39, 0.29) is 11.9 Å². The van der Waals surface area contributed by atoms with Crippen molar-refractivity contribution in [2.24, 2.45) is 0 Å². The van der Waals surface area contributed by atoms with Gasteiger partial charge >= 0.3 is 6.03 Å². The Balaban J connectivity index is 1.56. The van der Waals surface area contributed by atoms with Crippen LogP contribution in [0.1, 0.15) is 29.6 Å². The van der Waals surface area contributed by atoms with Gasteiger partial charge in [0.25, 0.3) is 5.91 Å². The number of nitrogens with zero attached hydrogens (tertiary/aromatic N) is 3. The van der Waals surface area contributed by atoms with Crippen molar-refractivity contribution in [3.8, 4) is 0 Å². The minimum Gasteiger partial charge on any atom is -0.338 e. The Hall–Kier alpha value is -2.15. The number of fused-ring (bicyclic) bond motifs is 1. The molecule has 1 N–H and O–H groups in total. The second-order valence-corrected chi connectivity index (χ2v) is 6.88. The number of aromatic nitrogens is 1. The fourth-order valence-electron chi connectivity index (χ4n) is 2.70. The molecular formula is C17H22N4O2S. The second-order valence-electron chi connectivity index (χ2n) is 5.85. The second kappa shape index (κ2) is 7.61. The number of para-hydroxylation sites is 1. The van der Waals surface area contributed by atoms with Gasteiger partial charge in [0.1, 0.15) is 0 Å². The van der Waals surface area contributed by atoms with Crippen LogP contribution in [0.25, 0.3) is 10.2 Å². The van der Waals surface area contributed by atoms with E-state index >= 15 is 0 Å². The molecule has 1 aliphatic rings. The van der Waals surface area contributed by atoms with Crippen molar-refractivity contribution in [1.82, 2.24) is 20.1 Å². The van der Waals surface area contributed by atoms with Gasteiger partial charge in [-0.05, 0) is 18.6 Å². The highest BCUT2D eigenvalue weighted by molar-refractivity contribution is 7.20. The summed E-state index contributed by atoms with van der Waals surface area (Å²) in [5.41, 5.74) is 0.861. The molecule has 6 nitrogen and oxygen atoms in total. The van der Waals surface area contributed by atoms with E-state index in [1.54, 1.807) is 9.80 Å². The van der Waals surface area contributed by atoms with Gasteiger partial charge in [-0.15, -0.1) is 11.3 Å². The molecule has 0 unspecified atom stereocenters. The summed E-state index contributed by atoms with van der Waals surface area (Å²) in [5, 5.41) is 3.45. The molecule has 1 aromatic carbocycles. The van der Waals surface area contributed by atoms with Crippen LogP contribution >= 0.6 is 11.3 Å². The zero-order valence-electron chi connectivity index (χ0n) is 13.8. The molecule has 2 aromatic rings. The van der Waals surface area contributed by atoms with Crippen LogP contribution in [-0.2, 0) is 0 Å². The summed E-state index contributed by atoms with van der Waals surface area (Å²) in [6.45, 7) is 5.04. The average Bonchev–Trinajstić information content (AvgIpc) is 3.05. The van der Waals surface area contributed by atoms with Crippen LogP contribution in [0.3, 0.4) is 0 Å². The largest absolute Gasteiger partial charge is 0.338 e. The number of unbranched alkanes of at least 4 members (excludes halogenated alkanes) is 1. The highest BCUT2D eigenvalue weighted by Crippen LogP contribution is 2.23. The van der Waals surface area contributed by atoms with Gasteiger partial charge in [-0.1, -0.05) is 25.5 Å². The van der Waals surface area contributed by atoms with E-state index < -0.39 is 0 Å². The maximum absolute atomic E-state index is 12.6. The Morgan fingerprint density at radius 1 is 1.17 bits per heavy atom. The standard InChI is InChI=1S/C17H22N4O2S/c1-2-3-8-18-17(23)21-11-9-20(10-12-21)16(22)15-19-13-6-4-5-7-14(13)24-15/h4-7H,2-3,8-12H2,1H3,(H,18,23). The predicted octanol–water partition coefficient (Wildman–Crippen LogP) is 2.56. The van der Waals surface area contributed by atoms with Crippen LogP contribution in [0.2, 0.25) is 0 Å². The summed E-state index contributed by atoms with van der Waals surface area (Å²) >= 11 is 1.42. The van der Waals surface area contributed by atoms with Gasteiger partial charge in [-0.3, -0.25) is 4.79 Å². The summed E-state index contributed by atoms with van der Waals surface area (Å²) in [5.74, 6) is -0.0396. The molecule has 1 aromatic heterocycles. The number of thiazole rings is 1. The van der Waals surface area contributed by atoms with Crippen LogP contribution in [0.4, 0.5) is 4.79 Å². The Morgan fingerprint density at radius 3 is 2.58 bits per heavy atom. The zero-order chi connectivity index (χ0) is 16.9. The van der Waals surface area contributed by atoms with Crippen molar-refractivity contribution in [3.05, 3.63) is 29.3 Å². The van der Waals surface area contributed by atoms with Crippen LogP contribution in [0.15, 0.2) is 24.3 Å². The fraction of sp³-hybridized carbons (Fsp3) is 0.471. The van der Waals surface area contributed by atoms with Gasteiger partial charge in [-0.2, -0.15) is 0 Å². The van der Waals surface area contributed by atoms with E-state index in [1.165, 1.54) is 11.3 Å². The summed E-state index contributed by atoms with van der Waals surface area (Å²) in [6.07, 6.45) is 2.05. The summed E-state index contributed by atoms with van der Waals surface area (Å²) in [6, 6.07) is 7.73. The molecule has 7 heteroatoms. The van der Waals surface area contributed by atoms with Gasteiger partial charge in [0.05, 0.1) is 10.2 Å². The first-order valence-electron chi connectivity index (χ1n) is 8.36. The first kappa shape index (κ1) is 16.7. The molecule has 24 heavy (non-hydrogen) atoms. The quantitative estimate of drug-likeness (QED) is 0.865. The lowest BCUT2D eigenvalue weighted by atomic mass is 10.3. The average molecular weight is 346 g/mol. The lowest BCUT2D eigenvalue weighted by Crippen LogP contribution is -2.53. The third-order valence-electron chi connectivity index (χ3n) is 4.14. The SMILES string of the molecule is CCCCNC(=O)N1CCN(C(=O)c2nc3ccccc3s2)CC1. The summed E-state index contributed by atoms with van der Waals surface area (Å²) in [7, 11) is 0. The number of hydrogen-bond acceptors (Lipinski definition) is 4. The molecule has 0 spiro atoms. The molecule has 0 atom stereocenters. The number of carbonyl (C=O) groups is 2. The van der Waals surface area contributed by atoms with Crippen molar-refractivity contribution >= 4 is 33.5 Å². The Labute approximate surface area is 145 Å². The van der Waals surface area contributed by atoms with E-state index in [0.717, 1.165) is 23.1 Å². The van der Waals surface area contributed by atoms with Crippen molar-refractivity contribution in [3.63, 3.8) is 0 Å². The Kier molecular flexibility index (Phi) is 5.30. The van der Waals surface area contributed by atoms with E-state index in [4.69, 9.17) is 0 Å². The van der Waals surface area contributed by atoms with Gasteiger partial charge in [-0.25, -0.2) is 9.78 Å². The zero-order valence-corrected chi connectivity index (χ0v) is 14.6. The van der Waals surface area contributed by atoms with E-state index in [2.05, 4.69) is 17.2 Å². The number of nitrogens with one attached hydrogen (secondary N) is 1. The maximum atomic E-state index is 12.6. The molecule has 1 saturated heterocycles. The minimum absolute atomic E-state index is 0.0319. The number of hydrogen-bond donors (Lipinski definition) is 1. The summed E-state index contributed by atoms with van der Waals surface area (Å²) in [4.78, 5) is 32.6. The fourth-order valence-corrected chi connectivity index (χ4v) is 3.63. The van der Waals surface area contributed by atoms with Crippen LogP contribution in [-0.4, -0.2) is 59.4 Å². The Morgan fingerprint density at radius 2 is 1.88 bits per heavy atom. The van der Waals surface area contributed by atoms with Crippen molar-refractivity contribution < 1.29 is 9.59 Å². The van der Waals surface area contributed by atoms with Gasteiger partial charge in [0.2, 0.25) is 0 Å². The molecule has 0 saturated carbocycles. The van der Waals surface area contributed by atoms with Gasteiger partial charge in [0, 0.05) is 32.7 Å². The first-order valence-corrected chi connectivity index (χ1v) is 9.18. The molecule has 1 aliphatic heterocycles. The third-order valence-corrected chi connectivity index (χ3v) is 5.16. The van der Waals surface area contributed by atoms with Gasteiger partial charge in [0.15, 0.2) is 5.01 Å². The van der Waals surface area contributed by atoms with E-state index in [9.17, 15) is 9.59 Å². The van der Waals surface area contributed by atoms with Crippen molar-refractivity contribution in [2.45, 2.75) is 19.8 Å². The van der Waals surface area contributed by atoms with Crippen LogP contribution < -0.4 is 5.32 Å². The summed E-state index contributed by atoms with van der Waals surface area (Å²) < 4.78 is 1.02. The number of benzene rings is 1. The lowest BCUT2D eigenvalue weighted by Gasteiger charge is -2.34. The predicted molar refractivity (Wildman–Crippen MR) is 95.4 cm³/mol. The molecule has 0 bridgehead atoms. The molecule has 0 radical (unpaired) electrons. The number of carbonyl (C=O) groups excluding carboxylic acids is 2. The minimum atomic E-state index is -0.0396. The monoisotopic (exact) mass is 346 g/mol. The topological polar surface area (TPSA) is 65.5 Å². The van der Waals surface area contributed by atoms with Crippen molar-refractivity contribution in [1.29, 1.82) is 0 Å². The van der Waals surface area contributed by atoms with Crippen LogP contribution in [0.5, 0.6) is 0 Å². The maximum Gasteiger partial charge on any atom is 0.317 e. The molecule has 0 aliphatic carbocycles. The molecule has 3 amide bonds. The third kappa shape index (κ3) is 3.67. The molecule has 2 heterocycles. The molecule has 3 rings (SSSR count). The number of urea groups is 1. The Bertz CT molecular complexity index is 689. The lowest BCUT2D eigenvalue weighted by molar-refractivity contribution is 0.0665. The normalized spacial score (nSPS) is 14.9. The van der Waals surface area contributed by atoms with Crippen LogP contribution in [0, 0.1) is 0 Å². The number of piperazine rings is 1. The number of rotatable bonds is 4. The molecular weight excluding hydrogens is 324 g/mol. The van der Waals surface area contributed by atoms with Gasteiger partial charge < -0.3 is 15.1 Å². The van der Waals surface area contributed by atoms with Crippen molar-refractivity contribution in [2.75, 3.05) is 32.7 Å². The molecule has 128 valence electrons.